The van der Waals surface area contributed by atoms with E-state index in [0.717, 1.165) is 5.39 Å². The zero-order chi connectivity index (χ0) is 41.2. The first-order valence-electron chi connectivity index (χ1n) is 19.1. The molecule has 3 N–H and O–H groups in total. The Morgan fingerprint density at radius 1 is 1.07 bits per heavy atom. The van der Waals surface area contributed by atoms with E-state index < -0.39 is 68.4 Å². The number of likely N-dealkylation sites (tertiary alicyclic amines) is 1. The molecule has 2 aromatic rings. The number of carbonyl (C=O) groups is 5. The average molecular weight is 798 g/mol. The molecule has 16 heteroatoms. The van der Waals surface area contributed by atoms with Crippen molar-refractivity contribution in [1.82, 2.24) is 25.2 Å². The van der Waals surface area contributed by atoms with Crippen molar-refractivity contribution >= 4 is 50.4 Å². The Hall–Kier alpha value is -4.73. The van der Waals surface area contributed by atoms with Gasteiger partial charge in [-0.3, -0.25) is 23.9 Å². The van der Waals surface area contributed by atoms with Crippen LogP contribution in [-0.2, 0) is 33.9 Å². The smallest absolute Gasteiger partial charge is 0.408 e. The van der Waals surface area contributed by atoms with Gasteiger partial charge in [-0.15, -0.1) is 0 Å². The third-order valence-corrected chi connectivity index (χ3v) is 11.9. The summed E-state index contributed by atoms with van der Waals surface area (Å²) in [6.45, 7) is 12.6. The SMILES string of the molecule is CCC1C[C@]1(NC(=O)[C@@H]1C[C@@H](Oc2nccc3cc(OC)ccc23)CN1C(=O)[C@H](CCC(=O)/C=C/C(C)(C)C)NC(=O)OC(C)(C)C)C(=O)NS(=O)(=O)C1CC1. The van der Waals surface area contributed by atoms with Crippen LogP contribution in [0, 0.1) is 11.3 Å². The van der Waals surface area contributed by atoms with Crippen LogP contribution in [0.25, 0.3) is 10.8 Å². The van der Waals surface area contributed by atoms with E-state index in [4.69, 9.17) is 14.2 Å². The third kappa shape index (κ3) is 10.6. The number of alkyl carbamates (subject to hydrolysis) is 1. The van der Waals surface area contributed by atoms with Gasteiger partial charge in [0.2, 0.25) is 27.7 Å². The van der Waals surface area contributed by atoms with Crippen molar-refractivity contribution in [1.29, 1.82) is 0 Å². The first-order valence-corrected chi connectivity index (χ1v) is 20.7. The summed E-state index contributed by atoms with van der Waals surface area (Å²) < 4.78 is 44.9. The minimum atomic E-state index is -3.90. The number of hydrogen-bond acceptors (Lipinski definition) is 11. The fourth-order valence-corrected chi connectivity index (χ4v) is 8.16. The zero-order valence-corrected chi connectivity index (χ0v) is 34.3. The van der Waals surface area contributed by atoms with Gasteiger partial charge in [0.05, 0.1) is 18.9 Å². The minimum Gasteiger partial charge on any atom is -0.497 e. The maximum absolute atomic E-state index is 14.6. The molecule has 3 fully saturated rings. The average Bonchev–Trinajstić information content (AvgIpc) is 4.04. The van der Waals surface area contributed by atoms with E-state index in [9.17, 15) is 32.4 Å². The summed E-state index contributed by atoms with van der Waals surface area (Å²) in [6, 6.07) is 4.69. The maximum Gasteiger partial charge on any atom is 0.408 e. The number of aromatic nitrogens is 1. The van der Waals surface area contributed by atoms with Crippen molar-refractivity contribution in [2.75, 3.05) is 13.7 Å². The number of sulfonamides is 1. The molecule has 1 aromatic carbocycles. The Kier molecular flexibility index (Phi) is 12.4. The number of benzene rings is 1. The molecule has 1 unspecified atom stereocenters. The van der Waals surface area contributed by atoms with Crippen LogP contribution in [0.3, 0.4) is 0 Å². The summed E-state index contributed by atoms with van der Waals surface area (Å²) in [5.74, 6) is -1.85. The Bertz CT molecular complexity index is 1980. The zero-order valence-electron chi connectivity index (χ0n) is 33.5. The normalized spacial score (nSPS) is 23.0. The second-order valence-electron chi connectivity index (χ2n) is 17.0. The summed E-state index contributed by atoms with van der Waals surface area (Å²) in [6.07, 6.45) is 4.54. The molecule has 0 bridgehead atoms. The van der Waals surface area contributed by atoms with E-state index in [-0.39, 0.29) is 55.2 Å². The van der Waals surface area contributed by atoms with Gasteiger partial charge in [-0.2, -0.15) is 0 Å². The number of ether oxygens (including phenoxy) is 3. The number of amides is 4. The summed E-state index contributed by atoms with van der Waals surface area (Å²) in [7, 11) is -2.34. The van der Waals surface area contributed by atoms with Crippen LogP contribution in [0.4, 0.5) is 4.79 Å². The van der Waals surface area contributed by atoms with Crippen molar-refractivity contribution in [3.05, 3.63) is 42.6 Å². The quantitative estimate of drug-likeness (QED) is 0.217. The van der Waals surface area contributed by atoms with Crippen molar-refractivity contribution < 1.29 is 46.6 Å². The number of carbonyl (C=O) groups excluding carboxylic acids is 5. The molecule has 5 atom stereocenters. The molecule has 0 radical (unpaired) electrons. The van der Waals surface area contributed by atoms with E-state index in [1.54, 1.807) is 58.4 Å². The maximum atomic E-state index is 14.6. The van der Waals surface area contributed by atoms with E-state index in [0.29, 0.717) is 30.4 Å². The Morgan fingerprint density at radius 3 is 2.39 bits per heavy atom. The lowest BCUT2D eigenvalue weighted by atomic mass is 9.95. The number of nitrogens with zero attached hydrogens (tertiary/aromatic N) is 2. The van der Waals surface area contributed by atoms with E-state index in [2.05, 4.69) is 20.3 Å². The first kappa shape index (κ1) is 42.4. The number of pyridine rings is 1. The number of allylic oxidation sites excluding steroid dienone is 2. The molecule has 2 aliphatic carbocycles. The minimum absolute atomic E-state index is 0.0208. The molecule has 1 aromatic heterocycles. The Labute approximate surface area is 328 Å². The highest BCUT2D eigenvalue weighted by Crippen LogP contribution is 2.47. The lowest BCUT2D eigenvalue weighted by Gasteiger charge is -2.30. The Balaban J connectivity index is 1.44. The number of nitrogens with one attached hydrogen (secondary N) is 3. The predicted octanol–water partition coefficient (Wildman–Crippen LogP) is 4.33. The second-order valence-corrected chi connectivity index (χ2v) is 19.0. The van der Waals surface area contributed by atoms with Gasteiger partial charge in [0.1, 0.15) is 35.1 Å². The van der Waals surface area contributed by atoms with Gasteiger partial charge < -0.3 is 29.7 Å². The summed E-state index contributed by atoms with van der Waals surface area (Å²) >= 11 is 0. The number of methoxy groups -OCH3 is 1. The Morgan fingerprint density at radius 2 is 1.79 bits per heavy atom. The van der Waals surface area contributed by atoms with Crippen LogP contribution in [-0.4, -0.2) is 96.1 Å². The molecule has 1 saturated heterocycles. The number of hydrogen-bond donors (Lipinski definition) is 3. The summed E-state index contributed by atoms with van der Waals surface area (Å²) in [5.41, 5.74) is -2.64. The van der Waals surface area contributed by atoms with Gasteiger partial charge in [-0.25, -0.2) is 18.2 Å². The molecule has 0 spiro atoms. The highest BCUT2D eigenvalue weighted by Gasteiger charge is 2.62. The van der Waals surface area contributed by atoms with E-state index >= 15 is 0 Å². The fourth-order valence-electron chi connectivity index (χ4n) is 6.80. The van der Waals surface area contributed by atoms with Gasteiger partial charge in [0.15, 0.2) is 5.78 Å². The van der Waals surface area contributed by atoms with Crippen LogP contribution < -0.4 is 24.8 Å². The standard InChI is InChI=1S/C40H55N5O10S/c1-9-25-22-40(25,36(49)44-56(51,52)29-12-13-29)43-33(47)32-21-28(54-34-30-14-11-27(53-8)20-24(30)17-19-41-34)23-45(32)35(48)31(42-37(50)55-39(5,6)7)15-10-26(46)16-18-38(2,3)4/h11,14,16-20,25,28-29,31-32H,9-10,12-13,15,21-23H2,1-8H3,(H,42,50)(H,43,47)(H,44,49)/b18-16+/t25?,28-,31+,32+,40-/m1/s1. The fraction of sp³-hybridized carbons (Fsp3) is 0.600. The summed E-state index contributed by atoms with van der Waals surface area (Å²) in [5, 5.41) is 6.25. The molecule has 3 aliphatic rings. The predicted molar refractivity (Wildman–Crippen MR) is 208 cm³/mol. The topological polar surface area (TPSA) is 199 Å². The lowest BCUT2D eigenvalue weighted by Crippen LogP contribution is -2.58. The monoisotopic (exact) mass is 797 g/mol. The first-order chi connectivity index (χ1) is 26.1. The van der Waals surface area contributed by atoms with Crippen LogP contribution in [0.1, 0.15) is 93.4 Å². The lowest BCUT2D eigenvalue weighted by molar-refractivity contribution is -0.141. The molecule has 2 saturated carbocycles. The molecular formula is C40H55N5O10S. The van der Waals surface area contributed by atoms with Crippen molar-refractivity contribution in [2.24, 2.45) is 11.3 Å². The van der Waals surface area contributed by atoms with Crippen LogP contribution >= 0.6 is 0 Å². The van der Waals surface area contributed by atoms with E-state index in [1.807, 2.05) is 33.8 Å². The number of fused-ring (bicyclic) bond motifs is 1. The molecule has 306 valence electrons. The number of rotatable bonds is 15. The molecular weight excluding hydrogens is 743 g/mol. The third-order valence-electron chi connectivity index (χ3n) is 10.0. The molecule has 4 amide bonds. The molecule has 2 heterocycles. The molecule has 56 heavy (non-hydrogen) atoms. The highest BCUT2D eigenvalue weighted by atomic mass is 32.2. The van der Waals surface area contributed by atoms with Gasteiger partial charge in [-0.05, 0) is 93.5 Å². The summed E-state index contributed by atoms with van der Waals surface area (Å²) in [4.78, 5) is 74.2. The van der Waals surface area contributed by atoms with Crippen LogP contribution in [0.15, 0.2) is 42.6 Å². The van der Waals surface area contributed by atoms with Crippen molar-refractivity contribution in [3.8, 4) is 11.6 Å². The van der Waals surface area contributed by atoms with Crippen LogP contribution in [0.5, 0.6) is 11.6 Å². The van der Waals surface area contributed by atoms with Crippen molar-refractivity contribution in [2.45, 2.75) is 128 Å². The van der Waals surface area contributed by atoms with Gasteiger partial charge in [0.25, 0.3) is 5.91 Å². The molecule has 15 nitrogen and oxygen atoms in total. The van der Waals surface area contributed by atoms with Gasteiger partial charge in [-0.1, -0.05) is 40.2 Å². The number of ketones is 1. The second kappa shape index (κ2) is 16.4. The van der Waals surface area contributed by atoms with Crippen molar-refractivity contribution in [3.63, 3.8) is 0 Å². The van der Waals surface area contributed by atoms with Gasteiger partial charge >= 0.3 is 6.09 Å². The van der Waals surface area contributed by atoms with Crippen LogP contribution in [0.2, 0.25) is 0 Å². The van der Waals surface area contributed by atoms with Gasteiger partial charge in [0, 0.05) is 24.4 Å². The highest BCUT2D eigenvalue weighted by molar-refractivity contribution is 7.91. The molecule has 1 aliphatic heterocycles. The van der Waals surface area contributed by atoms with E-state index in [1.165, 1.54) is 11.0 Å². The largest absolute Gasteiger partial charge is 0.497 e. The molecule has 5 rings (SSSR count).